The van der Waals surface area contributed by atoms with Crippen molar-refractivity contribution in [1.29, 1.82) is 0 Å². The number of hydrogen-bond donors (Lipinski definition) is 3. The molecule has 1 unspecified atom stereocenters. The number of nitrogens with one attached hydrogen (secondary N) is 1. The SMILES string of the molecule is CC(=O)C1C(=S)CN(N[C@@H](Cc2ccc(OCc3ccccc3)cc2)C(=O)O)[C@@H]1C(=O)O.c1ccsc1. The number of aliphatic carboxylic acids is 2. The molecular formula is C27H28N2O6S2. The number of thiophene rings is 1. The Labute approximate surface area is 224 Å². The zero-order valence-electron chi connectivity index (χ0n) is 20.2. The van der Waals surface area contributed by atoms with Crippen LogP contribution < -0.4 is 10.2 Å². The van der Waals surface area contributed by atoms with Gasteiger partial charge in [0, 0.05) is 11.4 Å². The molecule has 1 aromatic heterocycles. The van der Waals surface area contributed by atoms with Crippen LogP contribution in [0, 0.1) is 5.92 Å². The van der Waals surface area contributed by atoms with E-state index in [-0.39, 0.29) is 23.6 Å². The van der Waals surface area contributed by atoms with Crippen molar-refractivity contribution >= 4 is 46.1 Å². The molecule has 0 saturated carbocycles. The molecule has 37 heavy (non-hydrogen) atoms. The minimum Gasteiger partial charge on any atom is -0.489 e. The number of rotatable bonds is 10. The molecule has 0 radical (unpaired) electrons. The van der Waals surface area contributed by atoms with Crippen LogP contribution in [0.25, 0.3) is 0 Å². The van der Waals surface area contributed by atoms with E-state index in [1.165, 1.54) is 11.9 Å². The molecule has 0 aliphatic carbocycles. The zero-order valence-corrected chi connectivity index (χ0v) is 21.8. The topological polar surface area (TPSA) is 116 Å². The van der Waals surface area contributed by atoms with Crippen LogP contribution in [0.2, 0.25) is 0 Å². The van der Waals surface area contributed by atoms with Gasteiger partial charge in [-0.3, -0.25) is 14.4 Å². The van der Waals surface area contributed by atoms with Crippen LogP contribution in [-0.2, 0) is 27.4 Å². The van der Waals surface area contributed by atoms with Gasteiger partial charge in [0.15, 0.2) is 0 Å². The highest BCUT2D eigenvalue weighted by Gasteiger charge is 2.46. The number of thiocarbonyl (C=S) groups is 1. The fourth-order valence-electron chi connectivity index (χ4n) is 3.88. The number of carbonyl (C=O) groups is 3. The van der Waals surface area contributed by atoms with Gasteiger partial charge in [0.2, 0.25) is 0 Å². The lowest BCUT2D eigenvalue weighted by Gasteiger charge is -2.27. The number of carbonyl (C=O) groups excluding carboxylic acids is 1. The zero-order chi connectivity index (χ0) is 26.8. The molecule has 3 aromatic rings. The molecule has 8 nitrogen and oxygen atoms in total. The van der Waals surface area contributed by atoms with Crippen molar-refractivity contribution in [3.63, 3.8) is 0 Å². The normalized spacial score (nSPS) is 17.9. The van der Waals surface area contributed by atoms with Crippen molar-refractivity contribution in [1.82, 2.24) is 10.4 Å². The highest BCUT2D eigenvalue weighted by molar-refractivity contribution is 7.80. The summed E-state index contributed by atoms with van der Waals surface area (Å²) in [5.41, 5.74) is 4.52. The highest BCUT2D eigenvalue weighted by atomic mass is 32.1. The molecule has 3 N–H and O–H groups in total. The van der Waals surface area contributed by atoms with Crippen molar-refractivity contribution in [2.45, 2.75) is 32.0 Å². The lowest BCUT2D eigenvalue weighted by Crippen LogP contribution is -2.55. The molecule has 1 aliphatic rings. The average Bonchev–Trinajstić information content (AvgIpc) is 3.55. The third-order valence-corrected chi connectivity index (χ3v) is 6.68. The van der Waals surface area contributed by atoms with E-state index in [4.69, 9.17) is 17.0 Å². The van der Waals surface area contributed by atoms with E-state index in [1.54, 1.807) is 35.6 Å². The number of carboxylic acids is 2. The number of hydrogen-bond acceptors (Lipinski definition) is 8. The molecule has 2 heterocycles. The Morgan fingerprint density at radius 3 is 2.19 bits per heavy atom. The predicted octanol–water partition coefficient (Wildman–Crippen LogP) is 3.86. The minimum atomic E-state index is -1.24. The van der Waals surface area contributed by atoms with E-state index in [0.29, 0.717) is 12.4 Å². The summed E-state index contributed by atoms with van der Waals surface area (Å²) in [4.78, 5) is 35.7. The second-order valence-electron chi connectivity index (χ2n) is 8.40. The number of carboxylic acid groups (broad SMARTS) is 2. The van der Waals surface area contributed by atoms with Crippen molar-refractivity contribution in [3.05, 3.63) is 88.6 Å². The Morgan fingerprint density at radius 2 is 1.68 bits per heavy atom. The van der Waals surface area contributed by atoms with Crippen molar-refractivity contribution in [2.24, 2.45) is 5.92 Å². The maximum atomic E-state index is 11.9. The molecule has 10 heteroatoms. The summed E-state index contributed by atoms with van der Waals surface area (Å²) in [5.74, 6) is -3.04. The van der Waals surface area contributed by atoms with E-state index >= 15 is 0 Å². The van der Waals surface area contributed by atoms with E-state index in [1.807, 2.05) is 53.2 Å². The Balaban J connectivity index is 0.000000678. The maximum Gasteiger partial charge on any atom is 0.323 e. The van der Waals surface area contributed by atoms with Crippen LogP contribution in [-0.4, -0.2) is 56.4 Å². The van der Waals surface area contributed by atoms with E-state index in [2.05, 4.69) is 5.43 Å². The summed E-state index contributed by atoms with van der Waals surface area (Å²) in [7, 11) is 0. The number of hydrazine groups is 1. The van der Waals surface area contributed by atoms with Gasteiger partial charge < -0.3 is 14.9 Å². The number of benzene rings is 2. The maximum absolute atomic E-state index is 11.9. The van der Waals surface area contributed by atoms with Crippen LogP contribution in [0.1, 0.15) is 18.1 Å². The quantitative estimate of drug-likeness (QED) is 0.330. The summed E-state index contributed by atoms with van der Waals surface area (Å²) in [6, 6.07) is 18.5. The fraction of sp³-hybridized carbons (Fsp3) is 0.259. The first kappa shape index (κ1) is 28.1. The third kappa shape index (κ3) is 8.29. The number of Topliss-reactive ketones (excluding diaryl/α,β-unsaturated/α-hetero) is 1. The fourth-order valence-corrected chi connectivity index (χ4v) is 4.77. The molecular weight excluding hydrogens is 512 g/mol. The van der Waals surface area contributed by atoms with E-state index in [9.17, 15) is 24.6 Å². The van der Waals surface area contributed by atoms with Gasteiger partial charge in [-0.15, -0.1) is 0 Å². The van der Waals surface area contributed by atoms with Gasteiger partial charge in [0.25, 0.3) is 0 Å². The van der Waals surface area contributed by atoms with E-state index < -0.39 is 29.9 Å². The van der Waals surface area contributed by atoms with Gasteiger partial charge in [0.05, 0.1) is 5.92 Å². The molecule has 2 aromatic carbocycles. The monoisotopic (exact) mass is 540 g/mol. The first-order valence-electron chi connectivity index (χ1n) is 11.5. The second kappa shape index (κ2) is 13.8. The summed E-state index contributed by atoms with van der Waals surface area (Å²) >= 11 is 6.90. The molecule has 1 saturated heterocycles. The van der Waals surface area contributed by atoms with Gasteiger partial charge in [-0.1, -0.05) is 66.8 Å². The highest BCUT2D eigenvalue weighted by Crippen LogP contribution is 2.23. The van der Waals surface area contributed by atoms with Crippen molar-refractivity contribution in [2.75, 3.05) is 6.54 Å². The van der Waals surface area contributed by atoms with Gasteiger partial charge in [-0.05, 0) is 47.4 Å². The third-order valence-electron chi connectivity index (χ3n) is 5.67. The molecule has 0 bridgehead atoms. The smallest absolute Gasteiger partial charge is 0.323 e. The first-order valence-corrected chi connectivity index (χ1v) is 12.9. The van der Waals surface area contributed by atoms with Crippen LogP contribution in [0.15, 0.2) is 77.5 Å². The molecule has 0 spiro atoms. The van der Waals surface area contributed by atoms with Gasteiger partial charge >= 0.3 is 11.9 Å². The lowest BCUT2D eigenvalue weighted by molar-refractivity contribution is -0.149. The Hall–Kier alpha value is -3.44. The van der Waals surface area contributed by atoms with Gasteiger partial charge in [-0.2, -0.15) is 11.3 Å². The Kier molecular flexibility index (Phi) is 10.5. The first-order chi connectivity index (χ1) is 17.8. The van der Waals surface area contributed by atoms with Gasteiger partial charge in [0.1, 0.15) is 30.2 Å². The Morgan fingerprint density at radius 1 is 1.03 bits per heavy atom. The summed E-state index contributed by atoms with van der Waals surface area (Å²) in [5, 5.41) is 24.6. The average molecular weight is 541 g/mol. The summed E-state index contributed by atoms with van der Waals surface area (Å²) in [6.07, 6.45) is 0.106. The summed E-state index contributed by atoms with van der Waals surface area (Å²) in [6.45, 7) is 1.71. The molecule has 3 atom stereocenters. The molecule has 1 aliphatic heterocycles. The standard InChI is InChI=1S/C23H24N2O6S.C4H4S/c1-14(26)20-19(32)12-25(21(20)23(29)30)24-18(22(27)28)11-15-7-9-17(10-8-15)31-13-16-5-3-2-4-6-16;1-2-4-5-3-1/h2-10,18,20-21,24H,11-13H2,1H3,(H,27,28)(H,29,30);1-4H/t18-,20?,21-;/m0./s1. The number of ether oxygens (including phenoxy) is 1. The molecule has 1 fully saturated rings. The molecule has 194 valence electrons. The minimum absolute atomic E-state index is 0.00654. The molecule has 0 amide bonds. The number of ketones is 1. The summed E-state index contributed by atoms with van der Waals surface area (Å²) < 4.78 is 5.74. The van der Waals surface area contributed by atoms with Crippen LogP contribution in [0.3, 0.4) is 0 Å². The molecule has 4 rings (SSSR count). The van der Waals surface area contributed by atoms with Crippen molar-refractivity contribution in [3.8, 4) is 5.75 Å². The van der Waals surface area contributed by atoms with E-state index in [0.717, 1.165) is 11.1 Å². The number of nitrogens with zero attached hydrogens (tertiary/aromatic N) is 1. The van der Waals surface area contributed by atoms with Crippen LogP contribution >= 0.6 is 23.6 Å². The Bertz CT molecular complexity index is 1170. The van der Waals surface area contributed by atoms with Crippen molar-refractivity contribution < 1.29 is 29.3 Å². The van der Waals surface area contributed by atoms with Gasteiger partial charge in [-0.25, -0.2) is 10.4 Å². The largest absolute Gasteiger partial charge is 0.489 e. The lowest BCUT2D eigenvalue weighted by atomic mass is 9.96. The second-order valence-corrected chi connectivity index (χ2v) is 9.74. The van der Waals surface area contributed by atoms with Crippen LogP contribution in [0.4, 0.5) is 0 Å². The van der Waals surface area contributed by atoms with Crippen LogP contribution in [0.5, 0.6) is 5.75 Å². The predicted molar refractivity (Wildman–Crippen MR) is 145 cm³/mol.